The van der Waals surface area contributed by atoms with Crippen LogP contribution in [0.4, 0.5) is 13.2 Å². The fraction of sp³-hybridized carbons (Fsp3) is 0.571. The lowest BCUT2D eigenvalue weighted by molar-refractivity contribution is -0.174. The normalized spacial score (nSPS) is 17.2. The van der Waals surface area contributed by atoms with Crippen LogP contribution in [0.2, 0.25) is 0 Å². The number of rotatable bonds is 7. The lowest BCUT2D eigenvalue weighted by atomic mass is 10.00. The Labute approximate surface area is 124 Å². The molecule has 1 N–H and O–H groups in total. The van der Waals surface area contributed by atoms with E-state index in [1.54, 1.807) is 0 Å². The third kappa shape index (κ3) is 5.81. The first-order valence-electron chi connectivity index (χ1n) is 6.57. The van der Waals surface area contributed by atoms with Gasteiger partial charge in [0, 0.05) is 23.0 Å². The second kappa shape index (κ2) is 6.91. The second-order valence-electron chi connectivity index (χ2n) is 5.06. The SMILES string of the molecule is FC(F)(F)COCC(CNC1CC1)c1ccc(Br)cc1. The van der Waals surface area contributed by atoms with Crippen LogP contribution >= 0.6 is 15.9 Å². The maximum atomic E-state index is 12.1. The predicted molar refractivity (Wildman–Crippen MR) is 74.8 cm³/mol. The molecule has 6 heteroatoms. The fourth-order valence-electron chi connectivity index (χ4n) is 1.92. The molecule has 1 atom stereocenters. The number of hydrogen-bond acceptors (Lipinski definition) is 2. The van der Waals surface area contributed by atoms with Gasteiger partial charge in [-0.05, 0) is 30.5 Å². The van der Waals surface area contributed by atoms with Crippen molar-refractivity contribution >= 4 is 15.9 Å². The first kappa shape index (κ1) is 15.8. The van der Waals surface area contributed by atoms with E-state index in [1.165, 1.54) is 0 Å². The molecule has 1 fully saturated rings. The van der Waals surface area contributed by atoms with Crippen LogP contribution in [-0.4, -0.2) is 32.0 Å². The van der Waals surface area contributed by atoms with E-state index in [1.807, 2.05) is 24.3 Å². The second-order valence-corrected chi connectivity index (χ2v) is 5.98. The van der Waals surface area contributed by atoms with Gasteiger partial charge in [-0.25, -0.2) is 0 Å². The average molecular weight is 352 g/mol. The Morgan fingerprint density at radius 1 is 1.25 bits per heavy atom. The summed E-state index contributed by atoms with van der Waals surface area (Å²) in [6, 6.07) is 8.14. The average Bonchev–Trinajstić information content (AvgIpc) is 3.17. The Morgan fingerprint density at radius 2 is 1.90 bits per heavy atom. The summed E-state index contributed by atoms with van der Waals surface area (Å²) >= 11 is 3.35. The van der Waals surface area contributed by atoms with E-state index in [0.29, 0.717) is 12.6 Å². The Hall–Kier alpha value is -0.590. The van der Waals surface area contributed by atoms with Crippen molar-refractivity contribution in [2.24, 2.45) is 0 Å². The van der Waals surface area contributed by atoms with Gasteiger partial charge >= 0.3 is 6.18 Å². The predicted octanol–water partition coefficient (Wildman–Crippen LogP) is 3.86. The summed E-state index contributed by atoms with van der Waals surface area (Å²) in [5.41, 5.74) is 0.989. The van der Waals surface area contributed by atoms with E-state index in [0.717, 1.165) is 22.9 Å². The number of halogens is 4. The van der Waals surface area contributed by atoms with E-state index in [-0.39, 0.29) is 12.5 Å². The summed E-state index contributed by atoms with van der Waals surface area (Å²) in [5, 5.41) is 3.34. The summed E-state index contributed by atoms with van der Waals surface area (Å²) in [5.74, 6) is -0.0638. The standard InChI is InChI=1S/C14H17BrF3NO/c15-12-3-1-10(2-4-12)11(7-19-13-5-6-13)8-20-9-14(16,17)18/h1-4,11,13,19H,5-9H2. The molecule has 0 spiro atoms. The van der Waals surface area contributed by atoms with Crippen molar-refractivity contribution in [3.63, 3.8) is 0 Å². The first-order valence-corrected chi connectivity index (χ1v) is 7.37. The molecule has 112 valence electrons. The van der Waals surface area contributed by atoms with Gasteiger partial charge in [0.15, 0.2) is 0 Å². The summed E-state index contributed by atoms with van der Waals surface area (Å²) in [4.78, 5) is 0. The summed E-state index contributed by atoms with van der Waals surface area (Å²) in [6.07, 6.45) is -1.97. The number of nitrogens with one attached hydrogen (secondary N) is 1. The molecule has 0 amide bonds. The molecule has 0 heterocycles. The lowest BCUT2D eigenvalue weighted by Gasteiger charge is -2.19. The fourth-order valence-corrected chi connectivity index (χ4v) is 2.19. The molecule has 1 aliphatic rings. The molecule has 0 aliphatic heterocycles. The zero-order chi connectivity index (χ0) is 14.6. The smallest absolute Gasteiger partial charge is 0.371 e. The van der Waals surface area contributed by atoms with Gasteiger partial charge in [-0.3, -0.25) is 0 Å². The van der Waals surface area contributed by atoms with Gasteiger partial charge in [0.25, 0.3) is 0 Å². The lowest BCUT2D eigenvalue weighted by Crippen LogP contribution is -2.28. The van der Waals surface area contributed by atoms with E-state index < -0.39 is 12.8 Å². The zero-order valence-corrected chi connectivity index (χ0v) is 12.5. The minimum Gasteiger partial charge on any atom is -0.371 e. The summed E-state index contributed by atoms with van der Waals surface area (Å²) < 4.78 is 42.2. The molecule has 1 aliphatic carbocycles. The van der Waals surface area contributed by atoms with Crippen LogP contribution in [0.3, 0.4) is 0 Å². The van der Waals surface area contributed by atoms with Crippen LogP contribution in [0.1, 0.15) is 24.3 Å². The number of benzene rings is 1. The van der Waals surface area contributed by atoms with Crippen LogP contribution < -0.4 is 5.32 Å². The highest BCUT2D eigenvalue weighted by molar-refractivity contribution is 9.10. The number of alkyl halides is 3. The minimum absolute atomic E-state index is 0.0638. The molecule has 2 nitrogen and oxygen atoms in total. The molecule has 2 rings (SSSR count). The van der Waals surface area contributed by atoms with Crippen LogP contribution in [0, 0.1) is 0 Å². The highest BCUT2D eigenvalue weighted by atomic mass is 79.9. The van der Waals surface area contributed by atoms with Crippen molar-refractivity contribution in [3.05, 3.63) is 34.3 Å². The maximum absolute atomic E-state index is 12.1. The van der Waals surface area contributed by atoms with Crippen molar-refractivity contribution in [2.75, 3.05) is 19.8 Å². The van der Waals surface area contributed by atoms with Gasteiger partial charge in [-0.15, -0.1) is 0 Å². The Bertz CT molecular complexity index is 417. The van der Waals surface area contributed by atoms with E-state index in [9.17, 15) is 13.2 Å². The van der Waals surface area contributed by atoms with Crippen molar-refractivity contribution in [1.82, 2.24) is 5.32 Å². The highest BCUT2D eigenvalue weighted by Gasteiger charge is 2.28. The van der Waals surface area contributed by atoms with Crippen molar-refractivity contribution < 1.29 is 17.9 Å². The first-order chi connectivity index (χ1) is 9.44. The minimum atomic E-state index is -4.27. The molecule has 1 unspecified atom stereocenters. The topological polar surface area (TPSA) is 21.3 Å². The molecular weight excluding hydrogens is 335 g/mol. The van der Waals surface area contributed by atoms with Crippen molar-refractivity contribution in [3.8, 4) is 0 Å². The number of hydrogen-bond donors (Lipinski definition) is 1. The maximum Gasteiger partial charge on any atom is 0.411 e. The van der Waals surface area contributed by atoms with Gasteiger partial charge in [0.05, 0.1) is 6.61 Å². The Kier molecular flexibility index (Phi) is 5.46. The molecule has 1 saturated carbocycles. The summed E-state index contributed by atoms with van der Waals surface area (Å²) in [7, 11) is 0. The van der Waals surface area contributed by atoms with Gasteiger partial charge in [-0.2, -0.15) is 13.2 Å². The number of ether oxygens (including phenoxy) is 1. The molecule has 0 aromatic heterocycles. The van der Waals surface area contributed by atoms with Crippen molar-refractivity contribution in [2.45, 2.75) is 31.0 Å². The third-order valence-corrected chi connectivity index (χ3v) is 3.69. The Morgan fingerprint density at radius 3 is 2.45 bits per heavy atom. The van der Waals surface area contributed by atoms with Crippen LogP contribution in [0.5, 0.6) is 0 Å². The molecule has 1 aromatic rings. The monoisotopic (exact) mass is 351 g/mol. The van der Waals surface area contributed by atoms with Crippen LogP contribution in [0.15, 0.2) is 28.7 Å². The van der Waals surface area contributed by atoms with Crippen LogP contribution in [-0.2, 0) is 4.74 Å². The molecular formula is C14H17BrF3NO. The molecule has 0 radical (unpaired) electrons. The van der Waals surface area contributed by atoms with E-state index >= 15 is 0 Å². The molecule has 0 bridgehead atoms. The zero-order valence-electron chi connectivity index (χ0n) is 10.9. The van der Waals surface area contributed by atoms with Gasteiger partial charge in [0.2, 0.25) is 0 Å². The quantitative estimate of drug-likeness (QED) is 0.805. The highest BCUT2D eigenvalue weighted by Crippen LogP contribution is 2.23. The van der Waals surface area contributed by atoms with Crippen LogP contribution in [0.25, 0.3) is 0 Å². The van der Waals surface area contributed by atoms with Crippen molar-refractivity contribution in [1.29, 1.82) is 0 Å². The van der Waals surface area contributed by atoms with Gasteiger partial charge in [-0.1, -0.05) is 28.1 Å². The third-order valence-electron chi connectivity index (χ3n) is 3.16. The largest absolute Gasteiger partial charge is 0.411 e. The van der Waals surface area contributed by atoms with Gasteiger partial charge < -0.3 is 10.1 Å². The Balaban J connectivity index is 1.90. The van der Waals surface area contributed by atoms with E-state index in [2.05, 4.69) is 21.2 Å². The van der Waals surface area contributed by atoms with E-state index in [4.69, 9.17) is 4.74 Å². The van der Waals surface area contributed by atoms with Gasteiger partial charge in [0.1, 0.15) is 6.61 Å². The molecule has 1 aromatic carbocycles. The molecule has 20 heavy (non-hydrogen) atoms. The summed E-state index contributed by atoms with van der Waals surface area (Å²) in [6.45, 7) is -0.478. The molecule has 0 saturated heterocycles.